The summed E-state index contributed by atoms with van der Waals surface area (Å²) in [6.07, 6.45) is 0.0134. The molecule has 0 amide bonds. The van der Waals surface area contributed by atoms with Gasteiger partial charge in [0.2, 0.25) is 5.43 Å². The van der Waals surface area contributed by atoms with Crippen molar-refractivity contribution in [3.63, 3.8) is 0 Å². The van der Waals surface area contributed by atoms with Crippen LogP contribution in [0.3, 0.4) is 0 Å². The Morgan fingerprint density at radius 1 is 1.22 bits per heavy atom. The number of nitrogens with one attached hydrogen (secondary N) is 1. The van der Waals surface area contributed by atoms with Gasteiger partial charge >= 0.3 is 5.97 Å². The third-order valence-electron chi connectivity index (χ3n) is 3.84. The fourth-order valence-corrected chi connectivity index (χ4v) is 2.74. The number of esters is 1. The van der Waals surface area contributed by atoms with E-state index in [0.29, 0.717) is 16.6 Å². The van der Waals surface area contributed by atoms with E-state index in [-0.39, 0.29) is 34.9 Å². The maximum Gasteiger partial charge on any atom is 0.311 e. The van der Waals surface area contributed by atoms with Gasteiger partial charge in [0.05, 0.1) is 23.9 Å². The monoisotopic (exact) mass is 312 g/mol. The lowest BCUT2D eigenvalue weighted by atomic mass is 10.2. The Hall–Kier alpha value is -2.89. The fraction of sp³-hybridized carbons (Fsp3) is 0.235. The van der Waals surface area contributed by atoms with Crippen molar-refractivity contribution in [2.45, 2.75) is 13.3 Å². The molecule has 0 saturated carbocycles. The fourth-order valence-electron chi connectivity index (χ4n) is 2.74. The van der Waals surface area contributed by atoms with Crippen LogP contribution in [0.5, 0.6) is 0 Å². The number of H-pyrrole nitrogens is 1. The number of aromatic amines is 1. The van der Waals surface area contributed by atoms with Gasteiger partial charge in [-0.25, -0.2) is 0 Å². The van der Waals surface area contributed by atoms with Crippen LogP contribution in [0.1, 0.15) is 12.6 Å². The second-order valence-corrected chi connectivity index (χ2v) is 5.27. The minimum atomic E-state index is -0.392. The van der Waals surface area contributed by atoms with Crippen molar-refractivity contribution in [2.24, 2.45) is 7.05 Å². The van der Waals surface area contributed by atoms with Crippen LogP contribution in [0, 0.1) is 0 Å². The smallest absolute Gasteiger partial charge is 0.311 e. The number of hydrogen-bond acceptors (Lipinski definition) is 4. The maximum atomic E-state index is 12.8. The SMILES string of the molecule is CCOC(=O)Cc1cc2c(=O)[nH]c3ccccc3c(=O)c2n1C. The molecule has 0 fully saturated rings. The number of para-hydroxylation sites is 1. The number of ether oxygens (including phenoxy) is 1. The molecule has 3 rings (SSSR count). The van der Waals surface area contributed by atoms with Gasteiger partial charge in [0.15, 0.2) is 0 Å². The van der Waals surface area contributed by atoms with Gasteiger partial charge < -0.3 is 14.3 Å². The highest BCUT2D eigenvalue weighted by Crippen LogP contribution is 2.15. The maximum absolute atomic E-state index is 12.8. The van der Waals surface area contributed by atoms with Gasteiger partial charge in [-0.2, -0.15) is 0 Å². The number of hydrogen-bond donors (Lipinski definition) is 1. The predicted octanol–water partition coefficient (Wildman–Crippen LogP) is 1.49. The minimum Gasteiger partial charge on any atom is -0.466 e. The van der Waals surface area contributed by atoms with Gasteiger partial charge in [0, 0.05) is 18.1 Å². The number of carbonyl (C=O) groups excluding carboxylic acids is 1. The molecule has 0 spiro atoms. The Bertz CT molecular complexity index is 1030. The quantitative estimate of drug-likeness (QED) is 0.743. The van der Waals surface area contributed by atoms with Gasteiger partial charge in [0.25, 0.3) is 5.56 Å². The molecular formula is C17H16N2O4. The third-order valence-corrected chi connectivity index (χ3v) is 3.84. The van der Waals surface area contributed by atoms with Gasteiger partial charge in [-0.1, -0.05) is 12.1 Å². The molecule has 2 aromatic heterocycles. The number of rotatable bonds is 3. The zero-order chi connectivity index (χ0) is 16.6. The number of fused-ring (bicyclic) bond motifs is 2. The summed E-state index contributed by atoms with van der Waals surface area (Å²) in [5, 5.41) is 0.705. The van der Waals surface area contributed by atoms with Crippen LogP contribution in [0.2, 0.25) is 0 Å². The van der Waals surface area contributed by atoms with Crippen LogP contribution in [-0.4, -0.2) is 22.1 Å². The van der Waals surface area contributed by atoms with E-state index in [2.05, 4.69) is 4.98 Å². The molecule has 118 valence electrons. The number of carbonyl (C=O) groups is 1. The van der Waals surface area contributed by atoms with Crippen molar-refractivity contribution >= 4 is 27.8 Å². The number of aromatic nitrogens is 2. The zero-order valence-corrected chi connectivity index (χ0v) is 12.9. The highest BCUT2D eigenvalue weighted by atomic mass is 16.5. The molecule has 1 aromatic carbocycles. The summed E-state index contributed by atoms with van der Waals surface area (Å²) in [4.78, 5) is 39.6. The normalized spacial score (nSPS) is 11.0. The Morgan fingerprint density at radius 3 is 2.70 bits per heavy atom. The largest absolute Gasteiger partial charge is 0.466 e. The first-order valence-corrected chi connectivity index (χ1v) is 7.32. The van der Waals surface area contributed by atoms with Gasteiger partial charge in [-0.05, 0) is 25.1 Å². The van der Waals surface area contributed by atoms with Gasteiger partial charge in [-0.3, -0.25) is 14.4 Å². The average Bonchev–Trinajstić information content (AvgIpc) is 2.79. The first-order valence-electron chi connectivity index (χ1n) is 7.32. The zero-order valence-electron chi connectivity index (χ0n) is 12.9. The Morgan fingerprint density at radius 2 is 1.96 bits per heavy atom. The van der Waals surface area contributed by atoms with Crippen molar-refractivity contribution in [1.29, 1.82) is 0 Å². The topological polar surface area (TPSA) is 81.2 Å². The highest BCUT2D eigenvalue weighted by molar-refractivity contribution is 5.90. The van der Waals surface area contributed by atoms with Crippen molar-refractivity contribution in [3.8, 4) is 0 Å². The van der Waals surface area contributed by atoms with Crippen molar-refractivity contribution in [3.05, 3.63) is 56.6 Å². The van der Waals surface area contributed by atoms with Crippen LogP contribution in [0.15, 0.2) is 39.9 Å². The summed E-state index contributed by atoms with van der Waals surface area (Å²) in [7, 11) is 1.67. The molecule has 1 N–H and O–H groups in total. The number of aryl methyl sites for hydroxylation is 1. The third kappa shape index (κ3) is 2.52. The molecule has 6 nitrogen and oxygen atoms in total. The summed E-state index contributed by atoms with van der Waals surface area (Å²) in [5.41, 5.74) is 0.740. The Balaban J connectivity index is 2.33. The Kier molecular flexibility index (Phi) is 3.73. The lowest BCUT2D eigenvalue weighted by molar-refractivity contribution is -0.142. The first kappa shape index (κ1) is 15.0. The van der Waals surface area contributed by atoms with Crippen molar-refractivity contribution < 1.29 is 9.53 Å². The van der Waals surface area contributed by atoms with Crippen LogP contribution >= 0.6 is 0 Å². The lowest BCUT2D eigenvalue weighted by Gasteiger charge is -2.03. The predicted molar refractivity (Wildman–Crippen MR) is 87.7 cm³/mol. The van der Waals surface area contributed by atoms with E-state index >= 15 is 0 Å². The highest BCUT2D eigenvalue weighted by Gasteiger charge is 2.15. The summed E-state index contributed by atoms with van der Waals surface area (Å²) in [6, 6.07) is 8.44. The van der Waals surface area contributed by atoms with E-state index in [0.717, 1.165) is 0 Å². The summed E-state index contributed by atoms with van der Waals surface area (Å²) >= 11 is 0. The van der Waals surface area contributed by atoms with Crippen molar-refractivity contribution in [1.82, 2.24) is 9.55 Å². The van der Waals surface area contributed by atoms with Crippen molar-refractivity contribution in [2.75, 3.05) is 6.61 Å². The second kappa shape index (κ2) is 5.72. The average molecular weight is 312 g/mol. The minimum absolute atomic E-state index is 0.0134. The van der Waals surface area contributed by atoms with Gasteiger partial charge in [0.1, 0.15) is 5.52 Å². The van der Waals surface area contributed by atoms with Gasteiger partial charge in [-0.15, -0.1) is 0 Å². The van der Waals surface area contributed by atoms with E-state index in [9.17, 15) is 14.4 Å². The van der Waals surface area contributed by atoms with E-state index in [1.807, 2.05) is 0 Å². The van der Waals surface area contributed by atoms with Crippen LogP contribution < -0.4 is 11.0 Å². The van der Waals surface area contributed by atoms with E-state index in [1.165, 1.54) is 0 Å². The Labute approximate surface area is 131 Å². The standard InChI is InChI=1S/C17H16N2O4/c1-3-23-14(20)9-10-8-12-15(19(10)2)16(21)11-6-4-5-7-13(11)18-17(12)22/h4-8H,3,9H2,1-2H3,(H,18,22). The summed E-state index contributed by atoms with van der Waals surface area (Å²) in [5.74, 6) is -0.392. The van der Waals surface area contributed by atoms with E-state index < -0.39 is 5.97 Å². The molecular weight excluding hydrogens is 296 g/mol. The van der Waals surface area contributed by atoms with Crippen LogP contribution in [0.25, 0.3) is 21.8 Å². The molecule has 0 radical (unpaired) electrons. The molecule has 0 atom stereocenters. The molecule has 6 heteroatoms. The van der Waals surface area contributed by atoms with E-state index in [4.69, 9.17) is 4.74 Å². The molecule has 3 aromatic rings. The molecule has 0 unspecified atom stereocenters. The summed E-state index contributed by atoms with van der Waals surface area (Å²) < 4.78 is 6.52. The molecule has 23 heavy (non-hydrogen) atoms. The molecule has 0 aliphatic heterocycles. The molecule has 2 heterocycles. The van der Waals surface area contributed by atoms with E-state index in [1.54, 1.807) is 48.9 Å². The lowest BCUT2D eigenvalue weighted by Crippen LogP contribution is -2.12. The number of nitrogens with zero attached hydrogens (tertiary/aromatic N) is 1. The molecule has 0 aliphatic rings. The first-order chi connectivity index (χ1) is 11.0. The number of benzene rings is 1. The van der Waals surface area contributed by atoms with Crippen LogP contribution in [-0.2, 0) is 23.0 Å². The molecule has 0 saturated heterocycles. The second-order valence-electron chi connectivity index (χ2n) is 5.27. The summed E-state index contributed by atoms with van der Waals surface area (Å²) in [6.45, 7) is 2.02. The van der Waals surface area contributed by atoms with Crippen LogP contribution in [0.4, 0.5) is 0 Å². The molecule has 0 bridgehead atoms. The molecule has 0 aliphatic carbocycles.